The van der Waals surface area contributed by atoms with Crippen LogP contribution in [0.2, 0.25) is 5.02 Å². The van der Waals surface area contributed by atoms with Gasteiger partial charge < -0.3 is 4.74 Å². The van der Waals surface area contributed by atoms with Crippen molar-refractivity contribution in [2.75, 3.05) is 11.1 Å². The summed E-state index contributed by atoms with van der Waals surface area (Å²) < 4.78 is 5.15. The Morgan fingerprint density at radius 1 is 1.44 bits per heavy atom. The van der Waals surface area contributed by atoms with Crippen molar-refractivity contribution in [1.82, 2.24) is 0 Å². The highest BCUT2D eigenvalue weighted by molar-refractivity contribution is 7.80. The van der Waals surface area contributed by atoms with Crippen LogP contribution in [0.15, 0.2) is 18.2 Å². The van der Waals surface area contributed by atoms with Crippen LogP contribution in [0.4, 0.5) is 10.5 Å². The summed E-state index contributed by atoms with van der Waals surface area (Å²) in [7, 11) is 0. The van der Waals surface area contributed by atoms with Crippen LogP contribution in [0.5, 0.6) is 0 Å². The van der Waals surface area contributed by atoms with Crippen LogP contribution in [0.1, 0.15) is 26.3 Å². The Labute approximate surface area is 118 Å². The van der Waals surface area contributed by atoms with Crippen LogP contribution in [-0.4, -0.2) is 17.4 Å². The molecule has 0 unspecified atom stereocenters. The minimum Gasteiger partial charge on any atom is -0.444 e. The van der Waals surface area contributed by atoms with Crippen LogP contribution in [-0.2, 0) is 11.2 Å². The van der Waals surface area contributed by atoms with Crippen molar-refractivity contribution in [1.29, 1.82) is 0 Å². The average Bonchev–Trinajstić information content (AvgIpc) is 2.20. The van der Waals surface area contributed by atoms with Crippen molar-refractivity contribution in [3.05, 3.63) is 28.8 Å². The van der Waals surface area contributed by atoms with Gasteiger partial charge in [-0.05, 0) is 50.6 Å². The number of carbonyl (C=O) groups is 1. The number of nitrogens with one attached hydrogen (secondary N) is 1. The number of rotatable bonds is 3. The molecule has 5 heteroatoms. The van der Waals surface area contributed by atoms with Crippen molar-refractivity contribution < 1.29 is 9.53 Å². The fourth-order valence-electron chi connectivity index (χ4n) is 1.36. The lowest BCUT2D eigenvalue weighted by molar-refractivity contribution is 0.0636. The van der Waals surface area contributed by atoms with Gasteiger partial charge in [0.1, 0.15) is 5.60 Å². The van der Waals surface area contributed by atoms with Gasteiger partial charge in [0, 0.05) is 0 Å². The van der Waals surface area contributed by atoms with E-state index in [9.17, 15) is 4.79 Å². The summed E-state index contributed by atoms with van der Waals surface area (Å²) in [4.78, 5) is 11.6. The summed E-state index contributed by atoms with van der Waals surface area (Å²) in [6.45, 7) is 5.43. The Morgan fingerprint density at radius 3 is 2.61 bits per heavy atom. The maximum atomic E-state index is 11.6. The topological polar surface area (TPSA) is 38.3 Å². The van der Waals surface area contributed by atoms with Gasteiger partial charge >= 0.3 is 6.09 Å². The van der Waals surface area contributed by atoms with Crippen LogP contribution >= 0.6 is 24.2 Å². The molecule has 1 amide bonds. The smallest absolute Gasteiger partial charge is 0.412 e. The summed E-state index contributed by atoms with van der Waals surface area (Å²) in [5, 5.41) is 3.12. The Morgan fingerprint density at radius 2 is 2.11 bits per heavy atom. The van der Waals surface area contributed by atoms with Gasteiger partial charge in [0.2, 0.25) is 0 Å². The predicted molar refractivity (Wildman–Crippen MR) is 78.9 cm³/mol. The maximum absolute atomic E-state index is 11.6. The molecule has 0 aliphatic heterocycles. The molecule has 1 rings (SSSR count). The predicted octanol–water partition coefficient (Wildman–Crippen LogP) is 4.16. The minimum absolute atomic E-state index is 0.500. The highest BCUT2D eigenvalue weighted by Gasteiger charge is 2.16. The second kappa shape index (κ2) is 6.34. The van der Waals surface area contributed by atoms with E-state index in [0.29, 0.717) is 10.7 Å². The van der Waals surface area contributed by atoms with Crippen LogP contribution in [0.3, 0.4) is 0 Å². The lowest BCUT2D eigenvalue weighted by atomic mass is 10.1. The fraction of sp³-hybridized carbons (Fsp3) is 0.462. The van der Waals surface area contributed by atoms with Crippen molar-refractivity contribution >= 4 is 36.0 Å². The Hall–Kier alpha value is -0.870. The molecular formula is C13H18ClNO2S. The lowest BCUT2D eigenvalue weighted by Gasteiger charge is -2.20. The van der Waals surface area contributed by atoms with Crippen LogP contribution in [0, 0.1) is 0 Å². The number of amides is 1. The summed E-state index contributed by atoms with van der Waals surface area (Å²) >= 11 is 10.2. The number of hydrogen-bond acceptors (Lipinski definition) is 3. The van der Waals surface area contributed by atoms with Gasteiger partial charge in [0.15, 0.2) is 0 Å². The zero-order valence-electron chi connectivity index (χ0n) is 10.8. The summed E-state index contributed by atoms with van der Waals surface area (Å²) in [5.74, 6) is 0.759. The second-order valence-corrected chi connectivity index (χ2v) is 5.77. The molecule has 3 nitrogen and oxygen atoms in total. The molecule has 1 aromatic rings. The van der Waals surface area contributed by atoms with E-state index in [1.54, 1.807) is 6.07 Å². The molecule has 100 valence electrons. The number of aryl methyl sites for hydroxylation is 1. The highest BCUT2D eigenvalue weighted by Crippen LogP contribution is 2.24. The monoisotopic (exact) mass is 287 g/mol. The molecule has 0 aliphatic carbocycles. The third-order valence-corrected chi connectivity index (χ3v) is 2.61. The number of ether oxygens (including phenoxy) is 1. The largest absolute Gasteiger partial charge is 0.444 e. The van der Waals surface area contributed by atoms with Crippen molar-refractivity contribution in [3.8, 4) is 0 Å². The first-order valence-electron chi connectivity index (χ1n) is 5.71. The molecule has 0 spiro atoms. The molecule has 0 radical (unpaired) electrons. The molecule has 0 bridgehead atoms. The standard InChI is InChI=1S/C13H18ClNO2S/c1-13(2,3)17-12(16)15-11-5-4-9(6-7-18)8-10(11)14/h4-5,8,18H,6-7H2,1-3H3,(H,15,16). The first-order chi connectivity index (χ1) is 8.31. The molecule has 0 aliphatic rings. The average molecular weight is 288 g/mol. The number of anilines is 1. The molecule has 18 heavy (non-hydrogen) atoms. The molecule has 0 atom stereocenters. The molecule has 1 aromatic carbocycles. The Bertz CT molecular complexity index is 429. The molecule has 1 N–H and O–H groups in total. The van der Waals surface area contributed by atoms with Gasteiger partial charge in [-0.1, -0.05) is 17.7 Å². The maximum Gasteiger partial charge on any atom is 0.412 e. The Balaban J connectivity index is 2.71. The second-order valence-electron chi connectivity index (χ2n) is 4.91. The van der Waals surface area contributed by atoms with E-state index in [4.69, 9.17) is 16.3 Å². The zero-order chi connectivity index (χ0) is 13.8. The van der Waals surface area contributed by atoms with E-state index >= 15 is 0 Å². The number of halogens is 1. The third-order valence-electron chi connectivity index (χ3n) is 2.07. The van der Waals surface area contributed by atoms with E-state index in [1.165, 1.54) is 0 Å². The molecule has 0 saturated carbocycles. The molecular weight excluding hydrogens is 270 g/mol. The summed E-state index contributed by atoms with van der Waals surface area (Å²) in [5.41, 5.74) is 1.11. The molecule has 0 heterocycles. The van der Waals surface area contributed by atoms with Gasteiger partial charge in [-0.25, -0.2) is 4.79 Å². The van der Waals surface area contributed by atoms with E-state index in [-0.39, 0.29) is 0 Å². The zero-order valence-corrected chi connectivity index (χ0v) is 12.4. The molecule has 0 aromatic heterocycles. The molecule has 0 fully saturated rings. The minimum atomic E-state index is -0.525. The number of carbonyl (C=O) groups excluding carboxylic acids is 1. The number of benzene rings is 1. The van der Waals surface area contributed by atoms with E-state index < -0.39 is 11.7 Å². The van der Waals surface area contributed by atoms with Gasteiger partial charge in [-0.3, -0.25) is 5.32 Å². The lowest BCUT2D eigenvalue weighted by Crippen LogP contribution is -2.27. The van der Waals surface area contributed by atoms with Gasteiger partial charge in [0.25, 0.3) is 0 Å². The van der Waals surface area contributed by atoms with E-state index in [1.807, 2.05) is 32.9 Å². The third kappa shape index (κ3) is 5.19. The van der Waals surface area contributed by atoms with E-state index in [0.717, 1.165) is 17.7 Å². The number of hydrogen-bond donors (Lipinski definition) is 2. The van der Waals surface area contributed by atoms with Crippen LogP contribution < -0.4 is 5.32 Å². The molecule has 0 saturated heterocycles. The first-order valence-corrected chi connectivity index (χ1v) is 6.72. The quantitative estimate of drug-likeness (QED) is 0.819. The number of thiol groups is 1. The van der Waals surface area contributed by atoms with Crippen molar-refractivity contribution in [3.63, 3.8) is 0 Å². The van der Waals surface area contributed by atoms with Gasteiger partial charge in [-0.15, -0.1) is 0 Å². The van der Waals surface area contributed by atoms with E-state index in [2.05, 4.69) is 17.9 Å². The van der Waals surface area contributed by atoms with Gasteiger partial charge in [-0.2, -0.15) is 12.6 Å². The highest BCUT2D eigenvalue weighted by atomic mass is 35.5. The SMILES string of the molecule is CC(C)(C)OC(=O)Nc1ccc(CCS)cc1Cl. The first kappa shape index (κ1) is 15.2. The normalized spacial score (nSPS) is 11.2. The fourth-order valence-corrected chi connectivity index (χ4v) is 1.87. The summed E-state index contributed by atoms with van der Waals surface area (Å²) in [6.07, 6.45) is 0.335. The van der Waals surface area contributed by atoms with Gasteiger partial charge in [0.05, 0.1) is 10.7 Å². The van der Waals surface area contributed by atoms with Crippen molar-refractivity contribution in [2.45, 2.75) is 32.8 Å². The van der Waals surface area contributed by atoms with Crippen molar-refractivity contribution in [2.24, 2.45) is 0 Å². The van der Waals surface area contributed by atoms with Crippen LogP contribution in [0.25, 0.3) is 0 Å². The Kier molecular flexibility index (Phi) is 5.35. The summed E-state index contributed by atoms with van der Waals surface area (Å²) in [6, 6.07) is 5.50.